The summed E-state index contributed by atoms with van der Waals surface area (Å²) in [7, 11) is 0. The molecule has 0 bridgehead atoms. The molecule has 0 saturated heterocycles. The van der Waals surface area contributed by atoms with Crippen LogP contribution in [0.1, 0.15) is 41.9 Å². The van der Waals surface area contributed by atoms with Gasteiger partial charge in [0.25, 0.3) is 0 Å². The molecule has 2 aromatic rings. The van der Waals surface area contributed by atoms with E-state index in [9.17, 15) is 4.79 Å². The highest BCUT2D eigenvalue weighted by molar-refractivity contribution is 7.09. The van der Waals surface area contributed by atoms with Crippen LogP contribution in [0.15, 0.2) is 16.5 Å². The Hall–Kier alpha value is -1.89. The Bertz CT molecular complexity index is 547. The zero-order valence-corrected chi connectivity index (χ0v) is 10.8. The number of aromatic nitrogens is 2. The molecule has 0 saturated carbocycles. The highest BCUT2D eigenvalue weighted by Crippen LogP contribution is 2.18. The lowest BCUT2D eigenvalue weighted by molar-refractivity contribution is 0.0660. The number of nitrogens with one attached hydrogen (secondary N) is 1. The predicted molar refractivity (Wildman–Crippen MR) is 67.0 cm³/mol. The molecule has 2 N–H and O–H groups in total. The average Bonchev–Trinajstić information content (AvgIpc) is 2.95. The highest BCUT2D eigenvalue weighted by atomic mass is 32.1. The number of rotatable bonds is 5. The van der Waals surface area contributed by atoms with Crippen molar-refractivity contribution in [3.8, 4) is 0 Å². The van der Waals surface area contributed by atoms with Gasteiger partial charge in [0, 0.05) is 17.5 Å². The highest BCUT2D eigenvalue weighted by Gasteiger charge is 2.10. The molecular weight excluding hydrogens is 254 g/mol. The van der Waals surface area contributed by atoms with Crippen molar-refractivity contribution in [2.75, 3.05) is 5.32 Å². The molecule has 2 rings (SSSR count). The van der Waals surface area contributed by atoms with Gasteiger partial charge in [0.05, 0.1) is 6.54 Å². The molecule has 0 aromatic carbocycles. The maximum Gasteiger partial charge on any atom is 0.371 e. The van der Waals surface area contributed by atoms with Crippen LogP contribution in [-0.2, 0) is 6.54 Å². The van der Waals surface area contributed by atoms with Crippen LogP contribution in [0.3, 0.4) is 0 Å². The molecule has 0 aliphatic rings. The van der Waals surface area contributed by atoms with Crippen LogP contribution in [0.5, 0.6) is 0 Å². The number of hydrogen-bond donors (Lipinski definition) is 2. The van der Waals surface area contributed by atoms with Crippen molar-refractivity contribution in [2.24, 2.45) is 0 Å². The maximum absolute atomic E-state index is 10.6. The van der Waals surface area contributed by atoms with Crippen molar-refractivity contribution in [3.05, 3.63) is 29.5 Å². The van der Waals surface area contributed by atoms with E-state index in [1.165, 1.54) is 17.6 Å². The lowest BCUT2D eigenvalue weighted by Crippen LogP contribution is -1.99. The number of furan rings is 1. The molecular formula is C11H13N3O3S. The SMILES string of the molecule is CC(C)c1nsc(NCc2ccc(C(=O)O)o2)n1. The van der Waals surface area contributed by atoms with Gasteiger partial charge in [-0.2, -0.15) is 4.37 Å². The summed E-state index contributed by atoms with van der Waals surface area (Å²) in [5.41, 5.74) is 0. The Morgan fingerprint density at radius 1 is 1.56 bits per heavy atom. The Labute approximate surface area is 108 Å². The predicted octanol–water partition coefficient (Wildman–Crippen LogP) is 2.56. The Morgan fingerprint density at radius 3 is 2.89 bits per heavy atom. The van der Waals surface area contributed by atoms with Gasteiger partial charge in [-0.05, 0) is 12.1 Å². The van der Waals surface area contributed by atoms with Crippen LogP contribution in [0.2, 0.25) is 0 Å². The van der Waals surface area contributed by atoms with Crippen molar-refractivity contribution in [1.82, 2.24) is 9.36 Å². The number of carboxylic acids is 1. The van der Waals surface area contributed by atoms with Crippen LogP contribution in [-0.4, -0.2) is 20.4 Å². The second-order valence-corrected chi connectivity index (χ2v) is 4.79. The minimum Gasteiger partial charge on any atom is -0.475 e. The number of nitrogens with zero attached hydrogens (tertiary/aromatic N) is 2. The minimum absolute atomic E-state index is 0.0630. The Kier molecular flexibility index (Phi) is 3.61. The number of anilines is 1. The van der Waals surface area contributed by atoms with E-state index in [2.05, 4.69) is 14.7 Å². The fourth-order valence-electron chi connectivity index (χ4n) is 1.29. The molecule has 0 unspecified atom stereocenters. The van der Waals surface area contributed by atoms with Gasteiger partial charge in [-0.1, -0.05) is 13.8 Å². The normalized spacial score (nSPS) is 10.8. The van der Waals surface area contributed by atoms with Gasteiger partial charge >= 0.3 is 5.97 Å². The molecule has 7 heteroatoms. The van der Waals surface area contributed by atoms with Gasteiger partial charge in [-0.3, -0.25) is 0 Å². The summed E-state index contributed by atoms with van der Waals surface area (Å²) in [6.07, 6.45) is 0. The van der Waals surface area contributed by atoms with Gasteiger partial charge in [0.1, 0.15) is 11.6 Å². The monoisotopic (exact) mass is 267 g/mol. The molecule has 0 atom stereocenters. The summed E-state index contributed by atoms with van der Waals surface area (Å²) < 4.78 is 9.32. The van der Waals surface area contributed by atoms with Gasteiger partial charge in [-0.25, -0.2) is 9.78 Å². The van der Waals surface area contributed by atoms with E-state index in [4.69, 9.17) is 9.52 Å². The smallest absolute Gasteiger partial charge is 0.371 e. The van der Waals surface area contributed by atoms with Gasteiger partial charge in [0.2, 0.25) is 10.9 Å². The first-order valence-corrected chi connectivity index (χ1v) is 6.23. The molecule has 0 aliphatic heterocycles. The summed E-state index contributed by atoms with van der Waals surface area (Å²) in [4.78, 5) is 14.9. The number of carbonyl (C=O) groups is 1. The third-order valence-corrected chi connectivity index (χ3v) is 2.93. The second kappa shape index (κ2) is 5.18. The van der Waals surface area contributed by atoms with Crippen molar-refractivity contribution < 1.29 is 14.3 Å². The quantitative estimate of drug-likeness (QED) is 0.865. The van der Waals surface area contributed by atoms with Crippen LogP contribution in [0.4, 0.5) is 5.13 Å². The van der Waals surface area contributed by atoms with E-state index in [-0.39, 0.29) is 5.76 Å². The third-order valence-electron chi connectivity index (χ3n) is 2.24. The fourth-order valence-corrected chi connectivity index (χ4v) is 1.99. The van der Waals surface area contributed by atoms with E-state index in [1.807, 2.05) is 13.8 Å². The zero-order chi connectivity index (χ0) is 13.1. The van der Waals surface area contributed by atoms with E-state index in [1.54, 1.807) is 6.07 Å². The molecule has 0 aliphatic carbocycles. The molecule has 0 amide bonds. The molecule has 2 heterocycles. The van der Waals surface area contributed by atoms with Crippen LogP contribution < -0.4 is 5.32 Å². The first kappa shape index (κ1) is 12.6. The van der Waals surface area contributed by atoms with Crippen molar-refractivity contribution >= 4 is 22.6 Å². The van der Waals surface area contributed by atoms with Gasteiger partial charge < -0.3 is 14.8 Å². The number of aromatic carboxylic acids is 1. The van der Waals surface area contributed by atoms with Crippen LogP contribution in [0.25, 0.3) is 0 Å². The molecule has 0 fully saturated rings. The fraction of sp³-hybridized carbons (Fsp3) is 0.364. The summed E-state index contributed by atoms with van der Waals surface area (Å²) in [6, 6.07) is 3.06. The van der Waals surface area contributed by atoms with Crippen molar-refractivity contribution in [1.29, 1.82) is 0 Å². The van der Waals surface area contributed by atoms with Gasteiger partial charge in [-0.15, -0.1) is 0 Å². The summed E-state index contributed by atoms with van der Waals surface area (Å²) in [5.74, 6) is 0.507. The third kappa shape index (κ3) is 2.86. The van der Waals surface area contributed by atoms with E-state index in [0.717, 1.165) is 5.82 Å². The minimum atomic E-state index is -1.07. The molecule has 18 heavy (non-hydrogen) atoms. The first-order chi connectivity index (χ1) is 8.56. The van der Waals surface area contributed by atoms with Crippen LogP contribution >= 0.6 is 11.5 Å². The molecule has 0 spiro atoms. The topological polar surface area (TPSA) is 88.2 Å². The number of hydrogen-bond acceptors (Lipinski definition) is 6. The maximum atomic E-state index is 10.6. The standard InChI is InChI=1S/C11H13N3O3S/c1-6(2)9-13-11(18-14-9)12-5-7-3-4-8(17-7)10(15)16/h3-4,6H,5H2,1-2H3,(H,15,16)(H,12,13,14). The molecule has 96 valence electrons. The van der Waals surface area contributed by atoms with Gasteiger partial charge in [0.15, 0.2) is 0 Å². The summed E-state index contributed by atoms with van der Waals surface area (Å²) in [5, 5.41) is 12.5. The van der Waals surface area contributed by atoms with Crippen LogP contribution in [0, 0.1) is 0 Å². The molecule has 6 nitrogen and oxygen atoms in total. The molecule has 0 radical (unpaired) electrons. The summed E-state index contributed by atoms with van der Waals surface area (Å²) >= 11 is 1.28. The van der Waals surface area contributed by atoms with Crippen molar-refractivity contribution in [3.63, 3.8) is 0 Å². The average molecular weight is 267 g/mol. The van der Waals surface area contributed by atoms with E-state index < -0.39 is 5.97 Å². The Morgan fingerprint density at radius 2 is 2.33 bits per heavy atom. The Balaban J connectivity index is 1.95. The van der Waals surface area contributed by atoms with E-state index in [0.29, 0.717) is 23.4 Å². The lowest BCUT2D eigenvalue weighted by atomic mass is 10.2. The largest absolute Gasteiger partial charge is 0.475 e. The zero-order valence-electron chi connectivity index (χ0n) is 10.0. The van der Waals surface area contributed by atoms with Crippen molar-refractivity contribution in [2.45, 2.75) is 26.3 Å². The summed E-state index contributed by atoms with van der Waals surface area (Å²) in [6.45, 7) is 4.44. The van der Waals surface area contributed by atoms with E-state index >= 15 is 0 Å². The number of carboxylic acid groups (broad SMARTS) is 1. The molecule has 2 aromatic heterocycles. The lowest BCUT2D eigenvalue weighted by Gasteiger charge is -1.98. The first-order valence-electron chi connectivity index (χ1n) is 5.45. The second-order valence-electron chi connectivity index (χ2n) is 4.04.